The highest BCUT2D eigenvalue weighted by atomic mass is 79.9. The fourth-order valence-electron chi connectivity index (χ4n) is 2.53. The predicted octanol–water partition coefficient (Wildman–Crippen LogP) is 4.95. The van der Waals surface area contributed by atoms with Crippen molar-refractivity contribution in [3.63, 3.8) is 0 Å². The molecule has 144 valence electrons. The summed E-state index contributed by atoms with van der Waals surface area (Å²) in [6, 6.07) is 17.0. The van der Waals surface area contributed by atoms with Crippen molar-refractivity contribution in [1.82, 2.24) is 0 Å². The van der Waals surface area contributed by atoms with E-state index in [9.17, 15) is 17.6 Å². The molecule has 3 aromatic rings. The molecule has 1 amide bonds. The second-order valence-corrected chi connectivity index (χ2v) is 8.60. The summed E-state index contributed by atoms with van der Waals surface area (Å²) in [6.07, 6.45) is 0. The van der Waals surface area contributed by atoms with E-state index in [0.29, 0.717) is 15.7 Å². The smallest absolute Gasteiger partial charge is 0.262 e. The van der Waals surface area contributed by atoms with Crippen LogP contribution in [-0.4, -0.2) is 14.3 Å². The number of sulfonamides is 1. The Kier molecular flexibility index (Phi) is 5.81. The van der Waals surface area contributed by atoms with Crippen LogP contribution in [0, 0.1) is 12.7 Å². The first kappa shape index (κ1) is 20.0. The molecule has 5 nitrogen and oxygen atoms in total. The van der Waals surface area contributed by atoms with Gasteiger partial charge in [0.15, 0.2) is 0 Å². The molecule has 0 spiro atoms. The molecule has 0 heterocycles. The van der Waals surface area contributed by atoms with E-state index < -0.39 is 21.7 Å². The van der Waals surface area contributed by atoms with Gasteiger partial charge in [-0.25, -0.2) is 12.8 Å². The van der Waals surface area contributed by atoms with E-state index in [1.54, 1.807) is 43.3 Å². The van der Waals surface area contributed by atoms with Gasteiger partial charge in [0, 0.05) is 15.7 Å². The van der Waals surface area contributed by atoms with Gasteiger partial charge in [-0.05, 0) is 55.0 Å². The number of aryl methyl sites for hydroxylation is 1. The van der Waals surface area contributed by atoms with Crippen LogP contribution in [0.1, 0.15) is 15.9 Å². The summed E-state index contributed by atoms with van der Waals surface area (Å²) in [6.45, 7) is 1.63. The number of benzene rings is 3. The summed E-state index contributed by atoms with van der Waals surface area (Å²) in [5.41, 5.74) is 0.991. The van der Waals surface area contributed by atoms with Crippen molar-refractivity contribution in [3.05, 3.63) is 88.1 Å². The molecule has 0 saturated heterocycles. The van der Waals surface area contributed by atoms with Crippen molar-refractivity contribution >= 4 is 43.2 Å². The number of carbonyl (C=O) groups is 1. The number of anilines is 2. The maximum Gasteiger partial charge on any atom is 0.262 e. The van der Waals surface area contributed by atoms with Crippen LogP contribution < -0.4 is 10.0 Å². The zero-order valence-corrected chi connectivity index (χ0v) is 17.1. The van der Waals surface area contributed by atoms with Crippen LogP contribution in [0.2, 0.25) is 0 Å². The average molecular weight is 463 g/mol. The topological polar surface area (TPSA) is 75.3 Å². The summed E-state index contributed by atoms with van der Waals surface area (Å²) in [4.78, 5) is 12.5. The lowest BCUT2D eigenvalue weighted by molar-refractivity contribution is 0.102. The minimum Gasteiger partial charge on any atom is -0.319 e. The third-order valence-electron chi connectivity index (χ3n) is 3.95. The maximum absolute atomic E-state index is 14.0. The van der Waals surface area contributed by atoms with Gasteiger partial charge < -0.3 is 5.32 Å². The molecule has 0 unspecified atom stereocenters. The van der Waals surface area contributed by atoms with E-state index in [0.717, 1.165) is 0 Å². The minimum absolute atomic E-state index is 0.000549. The molecule has 2 N–H and O–H groups in total. The highest BCUT2D eigenvalue weighted by Crippen LogP contribution is 2.23. The SMILES string of the molecule is Cc1ccc(C(=O)Nc2ccc(Br)cc2F)cc1S(=O)(=O)Nc1ccccc1. The molecular weight excluding hydrogens is 447 g/mol. The van der Waals surface area contributed by atoms with Crippen LogP contribution in [-0.2, 0) is 10.0 Å². The first-order valence-corrected chi connectivity index (χ1v) is 10.5. The number of para-hydroxylation sites is 1. The Bertz CT molecular complexity index is 1140. The Balaban J connectivity index is 1.89. The van der Waals surface area contributed by atoms with E-state index in [1.807, 2.05) is 0 Å². The van der Waals surface area contributed by atoms with E-state index in [2.05, 4.69) is 26.0 Å². The summed E-state index contributed by atoms with van der Waals surface area (Å²) >= 11 is 3.15. The zero-order chi connectivity index (χ0) is 20.3. The van der Waals surface area contributed by atoms with Crippen LogP contribution in [0.4, 0.5) is 15.8 Å². The van der Waals surface area contributed by atoms with Gasteiger partial charge in [0.2, 0.25) is 0 Å². The van der Waals surface area contributed by atoms with Crippen LogP contribution in [0.15, 0.2) is 76.1 Å². The first-order valence-electron chi connectivity index (χ1n) is 8.21. The number of nitrogens with one attached hydrogen (secondary N) is 2. The molecule has 0 aliphatic rings. The summed E-state index contributed by atoms with van der Waals surface area (Å²) < 4.78 is 42.5. The molecule has 28 heavy (non-hydrogen) atoms. The molecule has 0 radical (unpaired) electrons. The van der Waals surface area contributed by atoms with Gasteiger partial charge in [-0.2, -0.15) is 0 Å². The molecule has 0 fully saturated rings. The van der Waals surface area contributed by atoms with Gasteiger partial charge in [-0.3, -0.25) is 9.52 Å². The molecular formula is C20H16BrFN2O3S. The summed E-state index contributed by atoms with van der Waals surface area (Å²) in [5, 5.41) is 2.45. The van der Waals surface area contributed by atoms with Crippen molar-refractivity contribution in [1.29, 1.82) is 0 Å². The standard InChI is InChI=1S/C20H16BrFN2O3S/c1-13-7-8-14(20(25)23-18-10-9-15(21)12-17(18)22)11-19(13)28(26,27)24-16-5-3-2-4-6-16/h2-12,24H,1H3,(H,23,25). The van der Waals surface area contributed by atoms with Gasteiger partial charge in [-0.1, -0.05) is 40.2 Å². The number of rotatable bonds is 5. The van der Waals surface area contributed by atoms with E-state index >= 15 is 0 Å². The Morgan fingerprint density at radius 1 is 1.00 bits per heavy atom. The van der Waals surface area contributed by atoms with Gasteiger partial charge in [0.05, 0.1) is 10.6 Å². The largest absolute Gasteiger partial charge is 0.319 e. The normalized spacial score (nSPS) is 11.1. The second-order valence-electron chi connectivity index (χ2n) is 6.03. The fraction of sp³-hybridized carbons (Fsp3) is 0.0500. The van der Waals surface area contributed by atoms with Crippen LogP contribution in [0.25, 0.3) is 0 Å². The van der Waals surface area contributed by atoms with E-state index in [4.69, 9.17) is 0 Å². The number of halogens is 2. The van der Waals surface area contributed by atoms with Crippen LogP contribution in [0.3, 0.4) is 0 Å². The third kappa shape index (κ3) is 4.58. The van der Waals surface area contributed by atoms with Gasteiger partial charge in [-0.15, -0.1) is 0 Å². The molecule has 0 aromatic heterocycles. The van der Waals surface area contributed by atoms with E-state index in [1.165, 1.54) is 30.3 Å². The molecule has 3 aromatic carbocycles. The maximum atomic E-state index is 14.0. The second kappa shape index (κ2) is 8.12. The van der Waals surface area contributed by atoms with Crippen molar-refractivity contribution in [2.24, 2.45) is 0 Å². The minimum atomic E-state index is -3.90. The third-order valence-corrected chi connectivity index (χ3v) is 5.96. The Morgan fingerprint density at radius 3 is 2.39 bits per heavy atom. The summed E-state index contributed by atoms with van der Waals surface area (Å²) in [7, 11) is -3.90. The molecule has 0 aliphatic heterocycles. The molecule has 0 bridgehead atoms. The number of hydrogen-bond donors (Lipinski definition) is 2. The predicted molar refractivity (Wildman–Crippen MR) is 110 cm³/mol. The fourth-order valence-corrected chi connectivity index (χ4v) is 4.20. The number of hydrogen-bond acceptors (Lipinski definition) is 3. The first-order chi connectivity index (χ1) is 13.3. The van der Waals surface area contributed by atoms with Crippen LogP contribution in [0.5, 0.6) is 0 Å². The van der Waals surface area contributed by atoms with Gasteiger partial charge >= 0.3 is 0 Å². The van der Waals surface area contributed by atoms with Crippen LogP contribution >= 0.6 is 15.9 Å². The monoisotopic (exact) mass is 462 g/mol. The lowest BCUT2D eigenvalue weighted by atomic mass is 10.1. The van der Waals surface area contributed by atoms with Crippen molar-refractivity contribution in [2.75, 3.05) is 10.0 Å². The highest BCUT2D eigenvalue weighted by molar-refractivity contribution is 9.10. The molecule has 0 aliphatic carbocycles. The lowest BCUT2D eigenvalue weighted by Gasteiger charge is -2.12. The average Bonchev–Trinajstić information content (AvgIpc) is 2.64. The van der Waals surface area contributed by atoms with Gasteiger partial charge in [0.25, 0.3) is 15.9 Å². The quantitative estimate of drug-likeness (QED) is 0.563. The van der Waals surface area contributed by atoms with Gasteiger partial charge in [0.1, 0.15) is 5.82 Å². The molecule has 8 heteroatoms. The molecule has 3 rings (SSSR count). The molecule has 0 atom stereocenters. The lowest BCUT2D eigenvalue weighted by Crippen LogP contribution is -2.17. The number of amides is 1. The summed E-state index contributed by atoms with van der Waals surface area (Å²) in [5.74, 6) is -1.22. The Morgan fingerprint density at radius 2 is 1.71 bits per heavy atom. The Labute approximate surface area is 170 Å². The molecule has 0 saturated carbocycles. The highest BCUT2D eigenvalue weighted by Gasteiger charge is 2.20. The number of carbonyl (C=O) groups excluding carboxylic acids is 1. The van der Waals surface area contributed by atoms with Crippen molar-refractivity contribution in [3.8, 4) is 0 Å². The van der Waals surface area contributed by atoms with E-state index in [-0.39, 0.29) is 16.1 Å². The van der Waals surface area contributed by atoms with Crippen molar-refractivity contribution in [2.45, 2.75) is 11.8 Å². The zero-order valence-electron chi connectivity index (χ0n) is 14.7. The Hall–Kier alpha value is -2.71. The van der Waals surface area contributed by atoms with Crippen molar-refractivity contribution < 1.29 is 17.6 Å².